The summed E-state index contributed by atoms with van der Waals surface area (Å²) >= 11 is 0. The molecule has 1 aromatic heterocycles. The first-order valence-corrected chi connectivity index (χ1v) is 11.6. The fraction of sp³-hybridized carbons (Fsp3) is 0.250. The van der Waals surface area contributed by atoms with Crippen molar-refractivity contribution >= 4 is 17.5 Å². The van der Waals surface area contributed by atoms with Gasteiger partial charge in [-0.25, -0.2) is 0 Å². The number of benzene rings is 2. The molecule has 0 spiro atoms. The molecule has 0 radical (unpaired) electrons. The number of rotatable bonds is 4. The number of para-hydroxylation sites is 1. The highest BCUT2D eigenvalue weighted by Gasteiger charge is 2.36. The van der Waals surface area contributed by atoms with E-state index in [9.17, 15) is 9.59 Å². The quantitative estimate of drug-likeness (QED) is 0.547. The minimum absolute atomic E-state index is 0.0413. The van der Waals surface area contributed by atoms with Crippen molar-refractivity contribution in [1.29, 1.82) is 0 Å². The normalized spacial score (nSPS) is 15.3. The largest absolute Gasteiger partial charge is 0.491 e. The summed E-state index contributed by atoms with van der Waals surface area (Å²) in [6, 6.07) is 18.1. The number of amides is 2. The lowest BCUT2D eigenvalue weighted by Gasteiger charge is -2.35. The number of hydrogen-bond acceptors (Lipinski definition) is 7. The van der Waals surface area contributed by atoms with E-state index in [2.05, 4.69) is 16.8 Å². The molecule has 9 heteroatoms. The maximum absolute atomic E-state index is 11.9. The molecule has 190 valence electrons. The predicted octanol–water partition coefficient (Wildman–Crippen LogP) is 3.17. The zero-order valence-electron chi connectivity index (χ0n) is 20.6. The molecule has 0 bridgehead atoms. The van der Waals surface area contributed by atoms with Gasteiger partial charge in [-0.2, -0.15) is 0 Å². The van der Waals surface area contributed by atoms with Gasteiger partial charge in [0.25, 0.3) is 5.91 Å². The number of ether oxygens (including phenoxy) is 4. The Balaban J connectivity index is 0.000000180. The summed E-state index contributed by atoms with van der Waals surface area (Å²) in [5.41, 5.74) is 6.38. The zero-order chi connectivity index (χ0) is 26.3. The van der Waals surface area contributed by atoms with Gasteiger partial charge in [0.05, 0.1) is 31.9 Å². The summed E-state index contributed by atoms with van der Waals surface area (Å²) in [6.45, 7) is 1.39. The van der Waals surface area contributed by atoms with Gasteiger partial charge < -0.3 is 29.6 Å². The van der Waals surface area contributed by atoms with Crippen LogP contribution in [0.3, 0.4) is 0 Å². The minimum atomic E-state index is -0.571. The molecule has 3 aromatic rings. The van der Waals surface area contributed by atoms with Gasteiger partial charge in [-0.15, -0.1) is 0 Å². The van der Waals surface area contributed by atoms with Crippen LogP contribution in [0.5, 0.6) is 17.2 Å². The number of nitrogens with two attached hydrogens (primary N) is 1. The lowest BCUT2D eigenvalue weighted by molar-refractivity contribution is -0.159. The molecule has 2 N–H and O–H groups in total. The Labute approximate surface area is 215 Å². The van der Waals surface area contributed by atoms with Crippen molar-refractivity contribution in [3.8, 4) is 29.1 Å². The standard InChI is InChI=1S/C16H17NO4.C12H10N2O2/c1-17-13-9-12(5-7-16(19-2)10-20-11-16)3-4-14(13)21-8-6-15(17)18;13-12(15)11-8-10(6-7-14-11)16-9-4-2-1-3-5-9/h3-4,9H,6,8,10-11H2,1-2H3;1-8H,(H2,13,15). The van der Waals surface area contributed by atoms with E-state index in [0.29, 0.717) is 43.5 Å². The smallest absolute Gasteiger partial charge is 0.267 e. The predicted molar refractivity (Wildman–Crippen MR) is 137 cm³/mol. The number of aromatic nitrogens is 1. The Bertz CT molecular complexity index is 1320. The molecule has 3 heterocycles. The van der Waals surface area contributed by atoms with Crippen LogP contribution < -0.4 is 20.1 Å². The zero-order valence-corrected chi connectivity index (χ0v) is 20.6. The van der Waals surface area contributed by atoms with Gasteiger partial charge in [-0.1, -0.05) is 30.0 Å². The summed E-state index contributed by atoms with van der Waals surface area (Å²) in [4.78, 5) is 28.2. The number of methoxy groups -OCH3 is 1. The Morgan fingerprint density at radius 2 is 1.89 bits per heavy atom. The van der Waals surface area contributed by atoms with Crippen molar-refractivity contribution in [2.45, 2.75) is 12.0 Å². The van der Waals surface area contributed by atoms with Crippen molar-refractivity contribution in [1.82, 2.24) is 4.98 Å². The summed E-state index contributed by atoms with van der Waals surface area (Å²) in [7, 11) is 3.39. The Kier molecular flexibility index (Phi) is 8.03. The molecule has 2 amide bonds. The second-order valence-corrected chi connectivity index (χ2v) is 8.33. The molecule has 0 unspecified atom stereocenters. The third kappa shape index (κ3) is 6.44. The third-order valence-electron chi connectivity index (χ3n) is 5.73. The van der Waals surface area contributed by atoms with Crippen LogP contribution in [-0.4, -0.2) is 56.4 Å². The van der Waals surface area contributed by atoms with Crippen LogP contribution in [0.1, 0.15) is 22.5 Å². The number of pyridine rings is 1. The van der Waals surface area contributed by atoms with Crippen LogP contribution in [-0.2, 0) is 14.3 Å². The van der Waals surface area contributed by atoms with E-state index in [1.165, 1.54) is 12.3 Å². The molecule has 1 saturated heterocycles. The van der Waals surface area contributed by atoms with Gasteiger partial charge in [0.15, 0.2) is 5.60 Å². The SMILES string of the molecule is COC1(C#Cc2ccc3c(c2)N(C)C(=O)CCO3)COC1.NC(=O)c1cc(Oc2ccccc2)ccn1. The molecule has 2 aromatic carbocycles. The fourth-order valence-electron chi connectivity index (χ4n) is 3.48. The number of fused-ring (bicyclic) bond motifs is 1. The monoisotopic (exact) mass is 501 g/mol. The first kappa shape index (κ1) is 25.7. The van der Waals surface area contributed by atoms with Crippen molar-refractivity contribution in [3.63, 3.8) is 0 Å². The number of anilines is 1. The summed E-state index contributed by atoms with van der Waals surface area (Å²) in [5.74, 6) is 7.62. The van der Waals surface area contributed by atoms with Gasteiger partial charge in [0.1, 0.15) is 22.9 Å². The van der Waals surface area contributed by atoms with Crippen LogP contribution in [0.15, 0.2) is 66.9 Å². The van der Waals surface area contributed by atoms with E-state index >= 15 is 0 Å². The molecular weight excluding hydrogens is 474 g/mol. The molecule has 5 rings (SSSR count). The highest BCUT2D eigenvalue weighted by molar-refractivity contribution is 5.95. The number of primary amides is 1. The Morgan fingerprint density at radius 1 is 1.11 bits per heavy atom. The van der Waals surface area contributed by atoms with E-state index in [0.717, 1.165) is 11.3 Å². The lowest BCUT2D eigenvalue weighted by atomic mass is 10.0. The Morgan fingerprint density at radius 3 is 2.57 bits per heavy atom. The summed E-state index contributed by atoms with van der Waals surface area (Å²) < 4.78 is 21.6. The van der Waals surface area contributed by atoms with E-state index in [-0.39, 0.29) is 11.6 Å². The highest BCUT2D eigenvalue weighted by Crippen LogP contribution is 2.31. The number of hydrogen-bond donors (Lipinski definition) is 1. The molecule has 2 aliphatic heterocycles. The van der Waals surface area contributed by atoms with Gasteiger partial charge in [-0.3, -0.25) is 14.6 Å². The molecule has 1 fully saturated rings. The third-order valence-corrected chi connectivity index (χ3v) is 5.73. The molecule has 9 nitrogen and oxygen atoms in total. The van der Waals surface area contributed by atoms with E-state index in [1.807, 2.05) is 48.5 Å². The molecule has 0 aliphatic carbocycles. The first-order valence-electron chi connectivity index (χ1n) is 11.6. The van der Waals surface area contributed by atoms with Crippen LogP contribution in [0, 0.1) is 11.8 Å². The van der Waals surface area contributed by atoms with Crippen LogP contribution in [0.4, 0.5) is 5.69 Å². The average Bonchev–Trinajstić information content (AvgIpc) is 3.03. The summed E-state index contributed by atoms with van der Waals surface area (Å²) in [6.07, 6.45) is 1.87. The lowest BCUT2D eigenvalue weighted by Crippen LogP contribution is -2.50. The van der Waals surface area contributed by atoms with E-state index in [4.69, 9.17) is 24.7 Å². The molecule has 0 atom stereocenters. The maximum atomic E-state index is 11.9. The van der Waals surface area contributed by atoms with Gasteiger partial charge in [0.2, 0.25) is 5.91 Å². The van der Waals surface area contributed by atoms with E-state index in [1.54, 1.807) is 25.1 Å². The number of carbonyl (C=O) groups is 2. The van der Waals surface area contributed by atoms with Crippen molar-refractivity contribution in [3.05, 3.63) is 78.1 Å². The Hall–Kier alpha value is -4.39. The van der Waals surface area contributed by atoms with Crippen molar-refractivity contribution < 1.29 is 28.5 Å². The number of carbonyl (C=O) groups excluding carboxylic acids is 2. The minimum Gasteiger partial charge on any atom is -0.491 e. The van der Waals surface area contributed by atoms with Gasteiger partial charge in [0, 0.05) is 32.0 Å². The summed E-state index contributed by atoms with van der Waals surface area (Å²) in [5, 5.41) is 0. The van der Waals surface area contributed by atoms with Crippen LogP contribution in [0.25, 0.3) is 0 Å². The second-order valence-electron chi connectivity index (χ2n) is 8.33. The first-order chi connectivity index (χ1) is 17.9. The highest BCUT2D eigenvalue weighted by atomic mass is 16.6. The van der Waals surface area contributed by atoms with Gasteiger partial charge in [-0.05, 0) is 36.4 Å². The average molecular weight is 502 g/mol. The number of nitrogens with zero attached hydrogens (tertiary/aromatic N) is 2. The van der Waals surface area contributed by atoms with Crippen molar-refractivity contribution in [2.75, 3.05) is 38.9 Å². The second kappa shape index (κ2) is 11.6. The molecular formula is C28H27N3O6. The van der Waals surface area contributed by atoms with Crippen LogP contribution >= 0.6 is 0 Å². The van der Waals surface area contributed by atoms with E-state index < -0.39 is 11.5 Å². The fourth-order valence-corrected chi connectivity index (χ4v) is 3.48. The molecule has 37 heavy (non-hydrogen) atoms. The van der Waals surface area contributed by atoms with Crippen LogP contribution in [0.2, 0.25) is 0 Å². The van der Waals surface area contributed by atoms with Gasteiger partial charge >= 0.3 is 0 Å². The van der Waals surface area contributed by atoms with Crippen molar-refractivity contribution in [2.24, 2.45) is 5.73 Å². The molecule has 0 saturated carbocycles. The maximum Gasteiger partial charge on any atom is 0.267 e. The molecule has 2 aliphatic rings. The topological polar surface area (TPSA) is 113 Å².